The molecule has 1 aliphatic heterocycles. The van der Waals surface area contributed by atoms with E-state index in [9.17, 15) is 24.4 Å². The summed E-state index contributed by atoms with van der Waals surface area (Å²) in [6.45, 7) is 0.511. The van der Waals surface area contributed by atoms with Crippen LogP contribution in [0.1, 0.15) is 17.5 Å². The van der Waals surface area contributed by atoms with Gasteiger partial charge < -0.3 is 24.7 Å². The summed E-state index contributed by atoms with van der Waals surface area (Å²) < 4.78 is 20.8. The van der Waals surface area contributed by atoms with Crippen molar-refractivity contribution in [3.8, 4) is 6.07 Å². The second kappa shape index (κ2) is 6.58. The number of aromatic amines is 1. The Hall–Kier alpha value is -1.84. The highest BCUT2D eigenvalue weighted by molar-refractivity contribution is 7.46. The number of ether oxygens (including phenoxy) is 1. The minimum atomic E-state index is -4.84. The summed E-state index contributed by atoms with van der Waals surface area (Å²) in [4.78, 5) is 42.7. The van der Waals surface area contributed by atoms with Gasteiger partial charge in [0.25, 0.3) is 5.56 Å². The number of aliphatic hydroxyl groups excluding tert-OH is 2. The maximum Gasteiger partial charge on any atom is 0.469 e. The molecule has 0 aliphatic carbocycles. The molecule has 1 aromatic rings. The molecule has 13 heteroatoms. The zero-order chi connectivity index (χ0) is 18.2. The van der Waals surface area contributed by atoms with Crippen LogP contribution in [0.25, 0.3) is 0 Å². The lowest BCUT2D eigenvalue weighted by atomic mass is 10.1. The molecule has 1 aromatic heterocycles. The van der Waals surface area contributed by atoms with Gasteiger partial charge in [0, 0.05) is 5.56 Å². The fourth-order valence-corrected chi connectivity index (χ4v) is 2.61. The van der Waals surface area contributed by atoms with Gasteiger partial charge >= 0.3 is 13.5 Å². The topological polar surface area (TPSA) is 195 Å². The third-order valence-corrected chi connectivity index (χ3v) is 3.97. The van der Waals surface area contributed by atoms with Crippen molar-refractivity contribution >= 4 is 7.82 Å². The number of H-pyrrole nitrogens is 1. The largest absolute Gasteiger partial charge is 0.469 e. The smallest absolute Gasteiger partial charge is 0.387 e. The maximum atomic E-state index is 12.0. The van der Waals surface area contributed by atoms with Gasteiger partial charge in [0.15, 0.2) is 6.23 Å². The summed E-state index contributed by atoms with van der Waals surface area (Å²) >= 11 is 0. The SMILES string of the molecule is Cc1c(C#N)n([C@@H]2O[C@H](COP(=O)(O)O)[C@H](O)[C@H]2O)c(=O)[nH]c1=O. The van der Waals surface area contributed by atoms with E-state index >= 15 is 0 Å². The molecule has 4 atom stereocenters. The molecule has 0 saturated carbocycles. The number of phosphoric acid groups is 1. The minimum Gasteiger partial charge on any atom is -0.387 e. The molecular weight excluding hydrogens is 349 g/mol. The van der Waals surface area contributed by atoms with E-state index in [0.29, 0.717) is 4.57 Å². The molecule has 1 fully saturated rings. The van der Waals surface area contributed by atoms with Crippen LogP contribution < -0.4 is 11.2 Å². The van der Waals surface area contributed by atoms with Crippen molar-refractivity contribution in [1.82, 2.24) is 9.55 Å². The van der Waals surface area contributed by atoms with E-state index in [0.717, 1.165) is 0 Å². The van der Waals surface area contributed by atoms with E-state index in [2.05, 4.69) is 4.52 Å². The Labute approximate surface area is 133 Å². The molecule has 12 nitrogen and oxygen atoms in total. The quantitative estimate of drug-likeness (QED) is 0.355. The van der Waals surface area contributed by atoms with Crippen LogP contribution in [0.3, 0.4) is 0 Å². The molecule has 2 heterocycles. The van der Waals surface area contributed by atoms with Gasteiger partial charge in [-0.2, -0.15) is 5.26 Å². The first-order valence-corrected chi connectivity index (χ1v) is 8.07. The second-order valence-corrected chi connectivity index (χ2v) is 6.29. The van der Waals surface area contributed by atoms with Gasteiger partial charge in [0.1, 0.15) is 30.1 Å². The third kappa shape index (κ3) is 3.47. The van der Waals surface area contributed by atoms with Gasteiger partial charge in [-0.15, -0.1) is 0 Å². The molecule has 0 spiro atoms. The van der Waals surface area contributed by atoms with E-state index in [1.807, 2.05) is 4.98 Å². The van der Waals surface area contributed by atoms with Gasteiger partial charge in [0.05, 0.1) is 6.61 Å². The van der Waals surface area contributed by atoms with Crippen LogP contribution in [0.4, 0.5) is 0 Å². The van der Waals surface area contributed by atoms with Crippen molar-refractivity contribution < 1.29 is 33.8 Å². The van der Waals surface area contributed by atoms with Gasteiger partial charge in [-0.3, -0.25) is 18.9 Å². The Morgan fingerprint density at radius 2 is 2.00 bits per heavy atom. The summed E-state index contributed by atoms with van der Waals surface area (Å²) in [5.74, 6) is 0. The second-order valence-electron chi connectivity index (χ2n) is 5.05. The lowest BCUT2D eigenvalue weighted by Gasteiger charge is -2.19. The average Bonchev–Trinajstić information content (AvgIpc) is 2.76. The number of rotatable bonds is 4. The number of nitrogens with one attached hydrogen (secondary N) is 1. The zero-order valence-corrected chi connectivity index (χ0v) is 13.1. The Morgan fingerprint density at radius 1 is 1.38 bits per heavy atom. The lowest BCUT2D eigenvalue weighted by molar-refractivity contribution is -0.0547. The zero-order valence-electron chi connectivity index (χ0n) is 12.2. The van der Waals surface area contributed by atoms with E-state index < -0.39 is 50.2 Å². The van der Waals surface area contributed by atoms with E-state index in [1.165, 1.54) is 6.92 Å². The van der Waals surface area contributed by atoms with Crippen LogP contribution in [-0.2, 0) is 13.8 Å². The number of nitriles is 1. The molecule has 2 rings (SSSR count). The predicted molar refractivity (Wildman–Crippen MR) is 74.7 cm³/mol. The van der Waals surface area contributed by atoms with E-state index in [-0.39, 0.29) is 11.3 Å². The number of hydrogen-bond acceptors (Lipinski definition) is 8. The van der Waals surface area contributed by atoms with Crippen molar-refractivity contribution in [1.29, 1.82) is 5.26 Å². The van der Waals surface area contributed by atoms with Crippen LogP contribution in [0.2, 0.25) is 0 Å². The highest BCUT2D eigenvalue weighted by Crippen LogP contribution is 2.38. The molecule has 0 bridgehead atoms. The standard InChI is InChI=1S/C11H14N3O9P/c1-4-5(2-12)14(11(18)13-9(4)17)10-8(16)7(15)6(23-10)3-22-24(19,20)21/h6-8,10,15-16H,3H2,1H3,(H,13,17,18)(H2,19,20,21)/t6-,7+,8-,10-/m1/s1. The maximum absolute atomic E-state index is 12.0. The molecule has 1 aliphatic rings. The predicted octanol–water partition coefficient (Wildman–Crippen LogP) is -2.55. The van der Waals surface area contributed by atoms with Gasteiger partial charge in [-0.1, -0.05) is 0 Å². The molecule has 132 valence electrons. The normalized spacial score (nSPS) is 27.2. The molecule has 0 amide bonds. The molecule has 24 heavy (non-hydrogen) atoms. The van der Waals surface area contributed by atoms with Crippen molar-refractivity contribution in [3.63, 3.8) is 0 Å². The Morgan fingerprint density at radius 3 is 2.54 bits per heavy atom. The molecule has 0 radical (unpaired) electrons. The first-order chi connectivity index (χ1) is 11.1. The number of phosphoric ester groups is 1. The average molecular weight is 363 g/mol. The molecular formula is C11H14N3O9P. The van der Waals surface area contributed by atoms with Crippen LogP contribution in [0.15, 0.2) is 9.59 Å². The Balaban J connectivity index is 2.39. The number of aromatic nitrogens is 2. The van der Waals surface area contributed by atoms with E-state index in [1.54, 1.807) is 6.07 Å². The summed E-state index contributed by atoms with van der Waals surface area (Å²) in [6, 6.07) is 1.64. The Bertz CT molecular complexity index is 835. The van der Waals surface area contributed by atoms with Crippen LogP contribution in [0, 0.1) is 18.3 Å². The van der Waals surface area contributed by atoms with Crippen LogP contribution in [0.5, 0.6) is 0 Å². The van der Waals surface area contributed by atoms with Gasteiger partial charge in [-0.25, -0.2) is 9.36 Å². The number of hydrogen-bond donors (Lipinski definition) is 5. The van der Waals surface area contributed by atoms with E-state index in [4.69, 9.17) is 19.8 Å². The fourth-order valence-electron chi connectivity index (χ4n) is 2.27. The number of aliphatic hydroxyl groups is 2. The van der Waals surface area contributed by atoms with Crippen molar-refractivity contribution in [3.05, 3.63) is 32.1 Å². The molecule has 1 saturated heterocycles. The van der Waals surface area contributed by atoms with Crippen LogP contribution in [-0.4, -0.2) is 54.5 Å². The summed E-state index contributed by atoms with van der Waals surface area (Å²) in [7, 11) is -4.84. The first kappa shape index (κ1) is 18.5. The van der Waals surface area contributed by atoms with Crippen molar-refractivity contribution in [2.24, 2.45) is 0 Å². The number of nitrogens with zero attached hydrogens (tertiary/aromatic N) is 2. The Kier molecular flexibility index (Phi) is 5.07. The fraction of sp³-hybridized carbons (Fsp3) is 0.545. The van der Waals surface area contributed by atoms with Gasteiger partial charge in [-0.05, 0) is 6.92 Å². The highest BCUT2D eigenvalue weighted by Gasteiger charge is 2.45. The summed E-state index contributed by atoms with van der Waals surface area (Å²) in [5, 5.41) is 29.1. The highest BCUT2D eigenvalue weighted by atomic mass is 31.2. The summed E-state index contributed by atoms with van der Waals surface area (Å²) in [5.41, 5.74) is -2.31. The van der Waals surface area contributed by atoms with Crippen molar-refractivity contribution in [2.45, 2.75) is 31.5 Å². The molecule has 0 unspecified atom stereocenters. The summed E-state index contributed by atoms with van der Waals surface area (Å²) in [6.07, 6.45) is -6.27. The minimum absolute atomic E-state index is 0.0997. The lowest BCUT2D eigenvalue weighted by Crippen LogP contribution is -2.40. The molecule has 5 N–H and O–H groups in total. The molecule has 0 aromatic carbocycles. The first-order valence-electron chi connectivity index (χ1n) is 6.54. The monoisotopic (exact) mass is 363 g/mol. The van der Waals surface area contributed by atoms with Crippen molar-refractivity contribution in [2.75, 3.05) is 6.61 Å². The van der Waals surface area contributed by atoms with Crippen LogP contribution >= 0.6 is 7.82 Å². The third-order valence-electron chi connectivity index (χ3n) is 3.48. The van der Waals surface area contributed by atoms with Gasteiger partial charge in [0.2, 0.25) is 0 Å².